The van der Waals surface area contributed by atoms with Gasteiger partial charge in [0.25, 0.3) is 5.91 Å². The third-order valence-electron chi connectivity index (χ3n) is 5.91. The van der Waals surface area contributed by atoms with Gasteiger partial charge in [0.1, 0.15) is 36.4 Å². The molecule has 1 N–H and O–H groups in total. The van der Waals surface area contributed by atoms with E-state index in [0.29, 0.717) is 43.6 Å². The molecule has 1 aromatic carbocycles. The Bertz CT molecular complexity index is 1210. The van der Waals surface area contributed by atoms with Crippen LogP contribution in [0.3, 0.4) is 0 Å². The zero-order chi connectivity index (χ0) is 24.4. The number of morpholine rings is 1. The van der Waals surface area contributed by atoms with E-state index in [1.54, 1.807) is 24.5 Å². The maximum atomic E-state index is 14.8. The predicted octanol–water partition coefficient (Wildman–Crippen LogP) is 2.78. The second-order valence-electron chi connectivity index (χ2n) is 8.76. The van der Waals surface area contributed by atoms with Crippen LogP contribution in [0.1, 0.15) is 30.2 Å². The molecule has 10 nitrogen and oxygen atoms in total. The van der Waals surface area contributed by atoms with Crippen LogP contribution in [-0.2, 0) is 4.74 Å². The van der Waals surface area contributed by atoms with Crippen LogP contribution in [0.2, 0.25) is 0 Å². The molecule has 184 valence electrons. The molecule has 0 bridgehead atoms. The fourth-order valence-corrected chi connectivity index (χ4v) is 4.09. The maximum Gasteiger partial charge on any atom is 0.259 e. The molecule has 0 aliphatic carbocycles. The SMILES string of the molecule is CC(C)n1cnnc1-c1cccc(NC(=O)c2cc3c(cc2F)OC[C@@H](CN2CCOCC2)O3)n1. The first-order valence-electron chi connectivity index (χ1n) is 11.6. The molecule has 1 atom stereocenters. The molecule has 3 aromatic rings. The molecule has 1 fully saturated rings. The van der Waals surface area contributed by atoms with Crippen LogP contribution in [-0.4, -0.2) is 76.1 Å². The van der Waals surface area contributed by atoms with Gasteiger partial charge in [-0.1, -0.05) is 6.07 Å². The van der Waals surface area contributed by atoms with Crippen molar-refractivity contribution in [2.24, 2.45) is 0 Å². The summed E-state index contributed by atoms with van der Waals surface area (Å²) in [5.41, 5.74) is 0.388. The fourth-order valence-electron chi connectivity index (χ4n) is 4.09. The number of anilines is 1. The first-order valence-corrected chi connectivity index (χ1v) is 11.6. The molecule has 0 spiro atoms. The summed E-state index contributed by atoms with van der Waals surface area (Å²) >= 11 is 0. The molecular formula is C24H27FN6O4. The van der Waals surface area contributed by atoms with Gasteiger partial charge in [-0.3, -0.25) is 9.69 Å². The Kier molecular flexibility index (Phi) is 6.60. The zero-order valence-electron chi connectivity index (χ0n) is 19.6. The minimum Gasteiger partial charge on any atom is -0.486 e. The van der Waals surface area contributed by atoms with E-state index in [1.165, 1.54) is 12.1 Å². The number of aromatic nitrogens is 4. The summed E-state index contributed by atoms with van der Waals surface area (Å²) in [6.45, 7) is 8.01. The number of carbonyl (C=O) groups is 1. The van der Waals surface area contributed by atoms with Gasteiger partial charge >= 0.3 is 0 Å². The van der Waals surface area contributed by atoms with Crippen molar-refractivity contribution >= 4 is 11.7 Å². The highest BCUT2D eigenvalue weighted by Gasteiger charge is 2.27. The summed E-state index contributed by atoms with van der Waals surface area (Å²) in [5.74, 6) is 0.128. The van der Waals surface area contributed by atoms with Crippen LogP contribution in [0, 0.1) is 5.82 Å². The quantitative estimate of drug-likeness (QED) is 0.572. The Labute approximate surface area is 202 Å². The van der Waals surface area contributed by atoms with Crippen molar-refractivity contribution < 1.29 is 23.4 Å². The number of halogens is 1. The van der Waals surface area contributed by atoms with Crippen molar-refractivity contribution in [3.8, 4) is 23.0 Å². The van der Waals surface area contributed by atoms with Crippen LogP contribution in [0.5, 0.6) is 11.5 Å². The molecule has 2 aromatic heterocycles. The highest BCUT2D eigenvalue weighted by atomic mass is 19.1. The average Bonchev–Trinajstić information content (AvgIpc) is 3.35. The summed E-state index contributed by atoms with van der Waals surface area (Å²) in [6, 6.07) is 7.85. The summed E-state index contributed by atoms with van der Waals surface area (Å²) in [4.78, 5) is 19.7. The Morgan fingerprint density at radius 1 is 1.23 bits per heavy atom. The molecule has 2 aliphatic rings. The minimum absolute atomic E-state index is 0.138. The van der Waals surface area contributed by atoms with Gasteiger partial charge < -0.3 is 24.1 Å². The van der Waals surface area contributed by atoms with Gasteiger partial charge in [0.2, 0.25) is 0 Å². The number of ether oxygens (including phenoxy) is 3. The minimum atomic E-state index is -0.702. The maximum absolute atomic E-state index is 14.8. The number of hydrogen-bond donors (Lipinski definition) is 1. The molecule has 1 amide bonds. The van der Waals surface area contributed by atoms with Crippen LogP contribution in [0.25, 0.3) is 11.5 Å². The van der Waals surface area contributed by atoms with Gasteiger partial charge in [-0.15, -0.1) is 10.2 Å². The van der Waals surface area contributed by atoms with E-state index >= 15 is 0 Å². The van der Waals surface area contributed by atoms with E-state index in [-0.39, 0.29) is 29.3 Å². The summed E-state index contributed by atoms with van der Waals surface area (Å²) in [7, 11) is 0. The molecule has 0 unspecified atom stereocenters. The Morgan fingerprint density at radius 2 is 2.06 bits per heavy atom. The van der Waals surface area contributed by atoms with Crippen LogP contribution in [0.15, 0.2) is 36.7 Å². The molecule has 35 heavy (non-hydrogen) atoms. The number of fused-ring (bicyclic) bond motifs is 1. The third-order valence-corrected chi connectivity index (χ3v) is 5.91. The standard InChI is InChI=1S/C24H27FN6O4/c1-15(2)31-14-26-29-23(31)19-4-3-5-22(27-19)28-24(32)17-10-21-20(11-18(17)25)34-13-16(35-21)12-30-6-8-33-9-7-30/h3-5,10-11,14-16H,6-9,12-13H2,1-2H3,(H,27,28,32)/t16-/m1/s1. The Balaban J connectivity index is 1.31. The zero-order valence-corrected chi connectivity index (χ0v) is 19.6. The summed E-state index contributed by atoms with van der Waals surface area (Å²) < 4.78 is 33.8. The van der Waals surface area contributed by atoms with Crippen LogP contribution in [0.4, 0.5) is 10.2 Å². The summed E-state index contributed by atoms with van der Waals surface area (Å²) in [5, 5.41) is 10.8. The molecule has 0 saturated carbocycles. The van der Waals surface area contributed by atoms with Gasteiger partial charge in [-0.2, -0.15) is 0 Å². The van der Waals surface area contributed by atoms with E-state index < -0.39 is 11.7 Å². The second kappa shape index (κ2) is 9.96. The van der Waals surface area contributed by atoms with Gasteiger partial charge in [0, 0.05) is 31.7 Å². The third kappa shape index (κ3) is 5.10. The number of nitrogens with one attached hydrogen (secondary N) is 1. The Hall–Kier alpha value is -3.57. The van der Waals surface area contributed by atoms with Crippen molar-refractivity contribution in [3.05, 3.63) is 48.0 Å². The lowest BCUT2D eigenvalue weighted by atomic mass is 10.1. The van der Waals surface area contributed by atoms with Crippen molar-refractivity contribution in [1.29, 1.82) is 0 Å². The van der Waals surface area contributed by atoms with Crippen molar-refractivity contribution in [2.45, 2.75) is 26.0 Å². The lowest BCUT2D eigenvalue weighted by molar-refractivity contribution is 0.00300. The van der Waals surface area contributed by atoms with E-state index in [4.69, 9.17) is 14.2 Å². The van der Waals surface area contributed by atoms with E-state index in [9.17, 15) is 9.18 Å². The summed E-state index contributed by atoms with van der Waals surface area (Å²) in [6.07, 6.45) is 1.41. The van der Waals surface area contributed by atoms with Crippen LogP contribution < -0.4 is 14.8 Å². The highest BCUT2D eigenvalue weighted by Crippen LogP contribution is 2.35. The number of nitrogens with zero attached hydrogens (tertiary/aromatic N) is 5. The number of benzene rings is 1. The van der Waals surface area contributed by atoms with Gasteiger partial charge in [-0.25, -0.2) is 9.37 Å². The number of carbonyl (C=O) groups excluding carboxylic acids is 1. The fraction of sp³-hybridized carbons (Fsp3) is 0.417. The molecule has 5 rings (SSSR count). The number of hydrogen-bond acceptors (Lipinski definition) is 8. The van der Waals surface area contributed by atoms with E-state index in [0.717, 1.165) is 13.1 Å². The number of pyridine rings is 1. The molecule has 0 radical (unpaired) electrons. The highest BCUT2D eigenvalue weighted by molar-refractivity contribution is 6.04. The predicted molar refractivity (Wildman–Crippen MR) is 125 cm³/mol. The number of amides is 1. The van der Waals surface area contributed by atoms with E-state index in [2.05, 4.69) is 25.4 Å². The van der Waals surface area contributed by atoms with E-state index in [1.807, 2.05) is 18.4 Å². The Morgan fingerprint density at radius 3 is 2.86 bits per heavy atom. The van der Waals surface area contributed by atoms with Gasteiger partial charge in [-0.05, 0) is 32.0 Å². The monoisotopic (exact) mass is 482 g/mol. The number of rotatable bonds is 6. The first kappa shape index (κ1) is 23.2. The average molecular weight is 483 g/mol. The first-order chi connectivity index (χ1) is 17.0. The van der Waals surface area contributed by atoms with Crippen LogP contribution >= 0.6 is 0 Å². The molecular weight excluding hydrogens is 455 g/mol. The smallest absolute Gasteiger partial charge is 0.259 e. The van der Waals surface area contributed by atoms with Gasteiger partial charge in [0.05, 0.1) is 18.8 Å². The molecule has 11 heteroatoms. The largest absolute Gasteiger partial charge is 0.486 e. The lowest BCUT2D eigenvalue weighted by Crippen LogP contribution is -2.45. The molecule has 4 heterocycles. The second-order valence-corrected chi connectivity index (χ2v) is 8.76. The normalized spacial score (nSPS) is 18.0. The van der Waals surface area contributed by atoms with Crippen molar-refractivity contribution in [3.63, 3.8) is 0 Å². The lowest BCUT2D eigenvalue weighted by Gasteiger charge is -2.33. The molecule has 1 saturated heterocycles. The van der Waals surface area contributed by atoms with Crippen molar-refractivity contribution in [1.82, 2.24) is 24.6 Å². The van der Waals surface area contributed by atoms with Gasteiger partial charge in [0.15, 0.2) is 17.3 Å². The van der Waals surface area contributed by atoms with Crippen molar-refractivity contribution in [2.75, 3.05) is 44.8 Å². The topological polar surface area (TPSA) is 104 Å². The molecule has 2 aliphatic heterocycles.